The monoisotopic (exact) mass is 207 g/mol. The minimum Gasteiger partial charge on any atom is -0.480 e. The van der Waals surface area contributed by atoms with Gasteiger partial charge in [0.2, 0.25) is 0 Å². The van der Waals surface area contributed by atoms with E-state index in [0.29, 0.717) is 6.54 Å². The first-order valence-corrected chi connectivity index (χ1v) is 5.14. The van der Waals surface area contributed by atoms with E-state index >= 15 is 0 Å². The standard InChI is InChI=1S/C9H18ClNO2/c1-3-5-11(6-4-2)7-8(10)9(12)13/h8H,3-7H2,1-2H3,(H,12,13). The first-order chi connectivity index (χ1) is 6.11. The highest BCUT2D eigenvalue weighted by Crippen LogP contribution is 2.02. The molecule has 13 heavy (non-hydrogen) atoms. The lowest BCUT2D eigenvalue weighted by molar-refractivity contribution is -0.136. The Kier molecular flexibility index (Phi) is 7.00. The van der Waals surface area contributed by atoms with Crippen LogP contribution in [0.2, 0.25) is 0 Å². The molecule has 0 heterocycles. The van der Waals surface area contributed by atoms with Crippen LogP contribution in [0, 0.1) is 0 Å². The molecule has 0 saturated heterocycles. The Balaban J connectivity index is 3.85. The second-order valence-corrected chi connectivity index (χ2v) is 3.63. The number of halogens is 1. The van der Waals surface area contributed by atoms with E-state index in [1.54, 1.807) is 0 Å². The van der Waals surface area contributed by atoms with Crippen LogP contribution in [-0.4, -0.2) is 41.0 Å². The quantitative estimate of drug-likeness (QED) is 0.648. The van der Waals surface area contributed by atoms with Gasteiger partial charge >= 0.3 is 5.97 Å². The smallest absolute Gasteiger partial charge is 0.322 e. The van der Waals surface area contributed by atoms with E-state index in [4.69, 9.17) is 16.7 Å². The molecule has 1 atom stereocenters. The first-order valence-electron chi connectivity index (χ1n) is 4.71. The predicted molar refractivity (Wildman–Crippen MR) is 54.3 cm³/mol. The highest BCUT2D eigenvalue weighted by atomic mass is 35.5. The fourth-order valence-corrected chi connectivity index (χ4v) is 1.43. The van der Waals surface area contributed by atoms with Crippen molar-refractivity contribution < 1.29 is 9.90 Å². The van der Waals surface area contributed by atoms with Crippen LogP contribution in [0.4, 0.5) is 0 Å². The van der Waals surface area contributed by atoms with Gasteiger partial charge in [-0.1, -0.05) is 13.8 Å². The van der Waals surface area contributed by atoms with E-state index < -0.39 is 11.3 Å². The van der Waals surface area contributed by atoms with Crippen molar-refractivity contribution in [2.75, 3.05) is 19.6 Å². The second kappa shape index (κ2) is 7.15. The third-order valence-corrected chi connectivity index (χ3v) is 2.09. The summed E-state index contributed by atoms with van der Waals surface area (Å²) >= 11 is 5.64. The maximum Gasteiger partial charge on any atom is 0.322 e. The van der Waals surface area contributed by atoms with Crippen LogP contribution in [0.15, 0.2) is 0 Å². The van der Waals surface area contributed by atoms with Crippen LogP contribution < -0.4 is 0 Å². The molecule has 0 amide bonds. The van der Waals surface area contributed by atoms with Crippen molar-refractivity contribution >= 4 is 17.6 Å². The van der Waals surface area contributed by atoms with Crippen molar-refractivity contribution in [3.8, 4) is 0 Å². The molecule has 0 fully saturated rings. The van der Waals surface area contributed by atoms with Crippen LogP contribution in [0.5, 0.6) is 0 Å². The fraction of sp³-hybridized carbons (Fsp3) is 0.889. The lowest BCUT2D eigenvalue weighted by Crippen LogP contribution is -2.35. The number of aliphatic carboxylic acids is 1. The Bertz CT molecular complexity index is 147. The van der Waals surface area contributed by atoms with Crippen molar-refractivity contribution in [1.29, 1.82) is 0 Å². The average molecular weight is 208 g/mol. The summed E-state index contributed by atoms with van der Waals surface area (Å²) in [5, 5.41) is 7.83. The minimum absolute atomic E-state index is 0.443. The highest BCUT2D eigenvalue weighted by Gasteiger charge is 2.16. The molecule has 0 aromatic rings. The van der Waals surface area contributed by atoms with Gasteiger partial charge < -0.3 is 10.0 Å². The molecule has 0 spiro atoms. The van der Waals surface area contributed by atoms with E-state index in [1.165, 1.54) is 0 Å². The lowest BCUT2D eigenvalue weighted by Gasteiger charge is -2.21. The van der Waals surface area contributed by atoms with Gasteiger partial charge in [-0.25, -0.2) is 0 Å². The number of carboxylic acids is 1. The summed E-state index contributed by atoms with van der Waals surface area (Å²) in [4.78, 5) is 12.6. The minimum atomic E-state index is -0.932. The number of alkyl halides is 1. The molecule has 0 radical (unpaired) electrons. The van der Waals surface area contributed by atoms with Gasteiger partial charge in [0.1, 0.15) is 5.38 Å². The van der Waals surface area contributed by atoms with Gasteiger partial charge in [-0.05, 0) is 25.9 Å². The van der Waals surface area contributed by atoms with Crippen LogP contribution in [0.25, 0.3) is 0 Å². The molecule has 3 nitrogen and oxygen atoms in total. The zero-order valence-electron chi connectivity index (χ0n) is 8.29. The molecular formula is C9H18ClNO2. The zero-order valence-corrected chi connectivity index (χ0v) is 9.05. The number of hydrogen-bond donors (Lipinski definition) is 1. The van der Waals surface area contributed by atoms with E-state index in [1.807, 2.05) is 0 Å². The lowest BCUT2D eigenvalue weighted by atomic mass is 10.3. The third-order valence-electron chi connectivity index (χ3n) is 1.77. The zero-order chi connectivity index (χ0) is 10.3. The van der Waals surface area contributed by atoms with Gasteiger partial charge in [0.15, 0.2) is 0 Å². The molecule has 0 aliphatic heterocycles. The van der Waals surface area contributed by atoms with Gasteiger partial charge in [-0.2, -0.15) is 0 Å². The predicted octanol–water partition coefficient (Wildman–Crippen LogP) is 1.80. The summed E-state index contributed by atoms with van der Waals surface area (Å²) in [5.41, 5.74) is 0. The SMILES string of the molecule is CCCN(CCC)CC(Cl)C(=O)O. The topological polar surface area (TPSA) is 40.5 Å². The van der Waals surface area contributed by atoms with Crippen molar-refractivity contribution in [3.05, 3.63) is 0 Å². The second-order valence-electron chi connectivity index (χ2n) is 3.11. The van der Waals surface area contributed by atoms with Crippen LogP contribution in [0.3, 0.4) is 0 Å². The Hall–Kier alpha value is -0.280. The van der Waals surface area contributed by atoms with Crippen molar-refractivity contribution in [2.45, 2.75) is 32.1 Å². The molecule has 0 rings (SSSR count). The average Bonchev–Trinajstić information content (AvgIpc) is 2.05. The molecular weight excluding hydrogens is 190 g/mol. The van der Waals surface area contributed by atoms with E-state index in [0.717, 1.165) is 25.9 Å². The largest absolute Gasteiger partial charge is 0.480 e. The van der Waals surface area contributed by atoms with E-state index in [2.05, 4.69) is 18.7 Å². The van der Waals surface area contributed by atoms with Gasteiger partial charge in [-0.3, -0.25) is 4.79 Å². The molecule has 0 aliphatic carbocycles. The van der Waals surface area contributed by atoms with Crippen molar-refractivity contribution in [2.24, 2.45) is 0 Å². The molecule has 1 unspecified atom stereocenters. The van der Waals surface area contributed by atoms with Crippen LogP contribution in [0.1, 0.15) is 26.7 Å². The van der Waals surface area contributed by atoms with Crippen molar-refractivity contribution in [3.63, 3.8) is 0 Å². The summed E-state index contributed by atoms with van der Waals surface area (Å²) in [6.45, 7) is 6.44. The highest BCUT2D eigenvalue weighted by molar-refractivity contribution is 6.29. The molecule has 0 bridgehead atoms. The number of hydrogen-bond acceptors (Lipinski definition) is 2. The normalized spacial score (nSPS) is 13.2. The summed E-state index contributed by atoms with van der Waals surface area (Å²) < 4.78 is 0. The molecule has 4 heteroatoms. The maximum atomic E-state index is 10.5. The first kappa shape index (κ1) is 12.7. The summed E-state index contributed by atoms with van der Waals surface area (Å²) in [7, 11) is 0. The van der Waals surface area contributed by atoms with Crippen molar-refractivity contribution in [1.82, 2.24) is 4.90 Å². The number of rotatable bonds is 7. The summed E-state index contributed by atoms with van der Waals surface area (Å²) in [6.07, 6.45) is 2.06. The maximum absolute atomic E-state index is 10.5. The Morgan fingerprint density at radius 1 is 1.38 bits per heavy atom. The summed E-state index contributed by atoms with van der Waals surface area (Å²) in [5.74, 6) is -0.932. The van der Waals surface area contributed by atoms with Gasteiger partial charge in [0.05, 0.1) is 0 Å². The van der Waals surface area contributed by atoms with Gasteiger partial charge in [-0.15, -0.1) is 11.6 Å². The Morgan fingerprint density at radius 2 is 1.85 bits per heavy atom. The number of carbonyl (C=O) groups is 1. The summed E-state index contributed by atoms with van der Waals surface area (Å²) in [6, 6.07) is 0. The van der Waals surface area contributed by atoms with E-state index in [9.17, 15) is 4.79 Å². The Morgan fingerprint density at radius 3 is 2.15 bits per heavy atom. The number of carboxylic acid groups (broad SMARTS) is 1. The molecule has 0 aromatic heterocycles. The van der Waals surface area contributed by atoms with Gasteiger partial charge in [0, 0.05) is 6.54 Å². The van der Waals surface area contributed by atoms with Gasteiger partial charge in [0.25, 0.3) is 0 Å². The van der Waals surface area contributed by atoms with E-state index in [-0.39, 0.29) is 0 Å². The molecule has 0 aliphatic rings. The Labute approximate surface area is 84.7 Å². The van der Waals surface area contributed by atoms with Crippen LogP contribution in [-0.2, 0) is 4.79 Å². The third kappa shape index (κ3) is 5.88. The van der Waals surface area contributed by atoms with Crippen LogP contribution >= 0.6 is 11.6 Å². The number of nitrogens with zero attached hydrogens (tertiary/aromatic N) is 1. The fourth-order valence-electron chi connectivity index (χ4n) is 1.23. The molecule has 0 aromatic carbocycles. The molecule has 1 N–H and O–H groups in total. The molecule has 0 saturated carbocycles. The molecule has 78 valence electrons.